The van der Waals surface area contributed by atoms with Gasteiger partial charge >= 0.3 is 0 Å². The maximum absolute atomic E-state index is 14.7. The van der Waals surface area contributed by atoms with E-state index in [9.17, 15) is 9.18 Å². The van der Waals surface area contributed by atoms with Crippen molar-refractivity contribution in [1.29, 1.82) is 0 Å². The Morgan fingerprint density at radius 1 is 1.34 bits per heavy atom. The Balaban J connectivity index is 0.00000240. The standard InChI is InChI=1S/C21H22ClFN4O.ClH/c1-11-7-14(22)10-15(19(11)23)12-3-4-17-16(8-12)20(26-25-17)18-9-13(21(24)28)5-6-27(18)2;/h3-4,7-8,10,13,18H,5-6,9H2,1-2H3,(H2,24,28)(H,25,26);1H. The average molecular weight is 437 g/mol. The molecule has 1 aromatic heterocycles. The number of amides is 1. The second-order valence-electron chi connectivity index (χ2n) is 7.57. The van der Waals surface area contributed by atoms with Crippen LogP contribution in [0.15, 0.2) is 30.3 Å². The van der Waals surface area contributed by atoms with E-state index in [4.69, 9.17) is 17.3 Å². The minimum Gasteiger partial charge on any atom is -0.369 e. The molecule has 3 N–H and O–H groups in total. The summed E-state index contributed by atoms with van der Waals surface area (Å²) in [5.41, 5.74) is 8.97. The first-order chi connectivity index (χ1) is 13.3. The van der Waals surface area contributed by atoms with Crippen molar-refractivity contribution in [3.63, 3.8) is 0 Å². The highest BCUT2D eigenvalue weighted by Crippen LogP contribution is 2.37. The number of likely N-dealkylation sites (tertiary alicyclic amines) is 1. The van der Waals surface area contributed by atoms with Crippen LogP contribution in [0.3, 0.4) is 0 Å². The lowest BCUT2D eigenvalue weighted by atomic mass is 9.88. The number of fused-ring (bicyclic) bond motifs is 1. The number of nitrogens with one attached hydrogen (secondary N) is 1. The number of primary amides is 1. The molecule has 0 saturated carbocycles. The zero-order valence-corrected chi connectivity index (χ0v) is 17.8. The van der Waals surface area contributed by atoms with Crippen molar-refractivity contribution in [3.05, 3.63) is 52.4 Å². The number of nitrogens with two attached hydrogens (primary N) is 1. The van der Waals surface area contributed by atoms with Gasteiger partial charge in [0.2, 0.25) is 5.91 Å². The van der Waals surface area contributed by atoms with Crippen LogP contribution in [-0.2, 0) is 4.79 Å². The maximum Gasteiger partial charge on any atom is 0.220 e. The summed E-state index contributed by atoms with van der Waals surface area (Å²) < 4.78 is 14.7. The highest BCUT2D eigenvalue weighted by molar-refractivity contribution is 6.31. The number of benzene rings is 2. The molecule has 1 aliphatic heterocycles. The monoisotopic (exact) mass is 436 g/mol. The van der Waals surface area contributed by atoms with E-state index in [2.05, 4.69) is 15.1 Å². The van der Waals surface area contributed by atoms with Crippen LogP contribution in [-0.4, -0.2) is 34.6 Å². The van der Waals surface area contributed by atoms with Crippen molar-refractivity contribution in [1.82, 2.24) is 15.1 Å². The summed E-state index contributed by atoms with van der Waals surface area (Å²) in [5.74, 6) is -0.711. The van der Waals surface area contributed by atoms with Gasteiger partial charge in [-0.1, -0.05) is 17.7 Å². The molecule has 29 heavy (non-hydrogen) atoms. The highest BCUT2D eigenvalue weighted by Gasteiger charge is 2.32. The third-order valence-corrected chi connectivity index (χ3v) is 5.93. The van der Waals surface area contributed by atoms with Crippen LogP contribution >= 0.6 is 24.0 Å². The van der Waals surface area contributed by atoms with E-state index in [-0.39, 0.29) is 36.1 Å². The number of halogens is 3. The fourth-order valence-corrected chi connectivity index (χ4v) is 4.33. The summed E-state index contributed by atoms with van der Waals surface area (Å²) in [6.07, 6.45) is 1.38. The lowest BCUT2D eigenvalue weighted by Crippen LogP contribution is -2.39. The third kappa shape index (κ3) is 3.97. The number of aromatic amines is 1. The van der Waals surface area contributed by atoms with E-state index in [1.807, 2.05) is 25.2 Å². The Hall–Kier alpha value is -2.15. The second-order valence-corrected chi connectivity index (χ2v) is 8.01. The van der Waals surface area contributed by atoms with Crippen LogP contribution in [0.2, 0.25) is 5.02 Å². The van der Waals surface area contributed by atoms with Gasteiger partial charge in [0.05, 0.1) is 17.3 Å². The lowest BCUT2D eigenvalue weighted by molar-refractivity contribution is -0.123. The average Bonchev–Trinajstić information content (AvgIpc) is 3.07. The molecule has 2 atom stereocenters. The maximum atomic E-state index is 14.7. The van der Waals surface area contributed by atoms with E-state index in [1.54, 1.807) is 19.1 Å². The minimum absolute atomic E-state index is 0. The Morgan fingerprint density at radius 3 is 2.83 bits per heavy atom. The highest BCUT2D eigenvalue weighted by atomic mass is 35.5. The Morgan fingerprint density at radius 2 is 2.10 bits per heavy atom. The summed E-state index contributed by atoms with van der Waals surface area (Å²) in [6, 6.07) is 8.91. The molecular weight excluding hydrogens is 414 g/mol. The number of H-pyrrole nitrogens is 1. The van der Waals surface area contributed by atoms with Crippen LogP contribution < -0.4 is 5.73 Å². The van der Waals surface area contributed by atoms with Gasteiger partial charge in [-0.15, -0.1) is 12.4 Å². The molecule has 8 heteroatoms. The number of carbonyl (C=O) groups is 1. The van der Waals surface area contributed by atoms with Crippen LogP contribution in [0.25, 0.3) is 22.0 Å². The van der Waals surface area contributed by atoms with Gasteiger partial charge in [0.15, 0.2) is 0 Å². The zero-order valence-electron chi connectivity index (χ0n) is 16.2. The lowest BCUT2D eigenvalue weighted by Gasteiger charge is -2.35. The SMILES string of the molecule is Cc1cc(Cl)cc(-c2ccc3[nH]nc(C4CC(C(N)=O)CCN4C)c3c2)c1F.Cl. The number of aromatic nitrogens is 2. The molecule has 0 aliphatic carbocycles. The first-order valence-electron chi connectivity index (χ1n) is 9.28. The van der Waals surface area contributed by atoms with Crippen LogP contribution in [0.1, 0.15) is 30.1 Å². The van der Waals surface area contributed by atoms with Crippen molar-refractivity contribution in [2.75, 3.05) is 13.6 Å². The number of hydrogen-bond donors (Lipinski definition) is 2. The van der Waals surface area contributed by atoms with Gasteiger partial charge in [-0.3, -0.25) is 14.8 Å². The smallest absolute Gasteiger partial charge is 0.220 e. The molecular formula is C21H23Cl2FN4O. The number of carbonyl (C=O) groups excluding carboxylic acids is 1. The largest absolute Gasteiger partial charge is 0.369 e. The third-order valence-electron chi connectivity index (χ3n) is 5.71. The number of aryl methyl sites for hydroxylation is 1. The van der Waals surface area contributed by atoms with Gasteiger partial charge in [-0.2, -0.15) is 5.10 Å². The molecule has 3 aromatic rings. The molecule has 2 heterocycles. The number of nitrogens with zero attached hydrogens (tertiary/aromatic N) is 2. The second kappa shape index (κ2) is 8.30. The molecule has 0 radical (unpaired) electrons. The Labute approximate surface area is 179 Å². The molecule has 5 nitrogen and oxygen atoms in total. The predicted octanol–water partition coefficient (Wildman–Crippen LogP) is 4.62. The summed E-state index contributed by atoms with van der Waals surface area (Å²) in [7, 11) is 2.02. The number of rotatable bonds is 3. The fraction of sp³-hybridized carbons (Fsp3) is 0.333. The molecule has 0 spiro atoms. The van der Waals surface area contributed by atoms with Gasteiger partial charge in [0.25, 0.3) is 0 Å². The van der Waals surface area contributed by atoms with E-state index >= 15 is 0 Å². The number of hydrogen-bond acceptors (Lipinski definition) is 3. The molecule has 1 aliphatic rings. The first-order valence-corrected chi connectivity index (χ1v) is 9.66. The molecule has 1 saturated heterocycles. The van der Waals surface area contributed by atoms with Crippen LogP contribution in [0.5, 0.6) is 0 Å². The van der Waals surface area contributed by atoms with Gasteiger partial charge in [-0.25, -0.2) is 4.39 Å². The van der Waals surface area contributed by atoms with Gasteiger partial charge in [-0.05, 0) is 68.8 Å². The Bertz CT molecular complexity index is 1070. The molecule has 2 aromatic carbocycles. The first kappa shape index (κ1) is 21.6. The predicted molar refractivity (Wildman–Crippen MR) is 116 cm³/mol. The topological polar surface area (TPSA) is 75.0 Å². The molecule has 1 amide bonds. The minimum atomic E-state index is -0.280. The summed E-state index contributed by atoms with van der Waals surface area (Å²) in [6.45, 7) is 2.47. The fourth-order valence-electron chi connectivity index (χ4n) is 4.05. The van der Waals surface area contributed by atoms with Crippen molar-refractivity contribution in [2.45, 2.75) is 25.8 Å². The van der Waals surface area contributed by atoms with Crippen LogP contribution in [0.4, 0.5) is 4.39 Å². The van der Waals surface area contributed by atoms with Crippen molar-refractivity contribution in [3.8, 4) is 11.1 Å². The molecule has 0 bridgehead atoms. The molecule has 1 fully saturated rings. The van der Waals surface area contributed by atoms with E-state index in [0.717, 1.165) is 35.1 Å². The van der Waals surface area contributed by atoms with Crippen LogP contribution in [0, 0.1) is 18.7 Å². The number of piperidine rings is 1. The van der Waals surface area contributed by atoms with Gasteiger partial charge in [0.1, 0.15) is 5.82 Å². The van der Waals surface area contributed by atoms with E-state index < -0.39 is 0 Å². The summed E-state index contributed by atoms with van der Waals surface area (Å²) in [5, 5.41) is 8.98. The molecule has 4 rings (SSSR count). The molecule has 2 unspecified atom stereocenters. The van der Waals surface area contributed by atoms with Gasteiger partial charge in [0, 0.05) is 21.9 Å². The van der Waals surface area contributed by atoms with E-state index in [0.29, 0.717) is 22.6 Å². The van der Waals surface area contributed by atoms with Gasteiger partial charge < -0.3 is 5.73 Å². The molecule has 154 valence electrons. The van der Waals surface area contributed by atoms with Crippen molar-refractivity contribution >= 4 is 40.8 Å². The van der Waals surface area contributed by atoms with Crippen molar-refractivity contribution in [2.24, 2.45) is 11.7 Å². The Kier molecular flexibility index (Phi) is 6.17. The summed E-state index contributed by atoms with van der Waals surface area (Å²) in [4.78, 5) is 13.9. The normalized spacial score (nSPS) is 19.9. The quantitative estimate of drug-likeness (QED) is 0.628. The zero-order chi connectivity index (χ0) is 20.0. The van der Waals surface area contributed by atoms with E-state index in [1.165, 1.54) is 0 Å². The van der Waals surface area contributed by atoms with Crippen molar-refractivity contribution < 1.29 is 9.18 Å². The summed E-state index contributed by atoms with van der Waals surface area (Å²) >= 11 is 6.15.